The van der Waals surface area contributed by atoms with Gasteiger partial charge in [0.1, 0.15) is 11.5 Å². The van der Waals surface area contributed by atoms with E-state index in [-0.39, 0.29) is 41.4 Å². The molecule has 15 heteroatoms. The second-order valence-electron chi connectivity index (χ2n) is 12.2. The van der Waals surface area contributed by atoms with E-state index in [0.29, 0.717) is 44.9 Å². The van der Waals surface area contributed by atoms with Crippen molar-refractivity contribution >= 4 is 23.2 Å². The lowest BCUT2D eigenvalue weighted by Crippen LogP contribution is -2.55. The number of nitrogens with one attached hydrogen (secondary N) is 2. The molecule has 5 rings (SSSR count). The zero-order valence-corrected chi connectivity index (χ0v) is 26.1. The van der Waals surface area contributed by atoms with Gasteiger partial charge in [-0.3, -0.25) is 14.5 Å². The zero-order chi connectivity index (χ0) is 33.5. The van der Waals surface area contributed by atoms with Crippen LogP contribution in [0.15, 0.2) is 35.5 Å². The molecule has 2 saturated heterocycles. The summed E-state index contributed by atoms with van der Waals surface area (Å²) in [6, 6.07) is 1.21. The summed E-state index contributed by atoms with van der Waals surface area (Å²) in [4.78, 5) is 41.4. The maximum atomic E-state index is 16.5. The minimum atomic E-state index is -5.05. The Bertz CT molecular complexity index is 1640. The Morgan fingerprint density at radius 1 is 1.07 bits per heavy atom. The molecule has 2 aliphatic heterocycles. The molecule has 1 aromatic carbocycles. The number of benzene rings is 1. The van der Waals surface area contributed by atoms with Gasteiger partial charge in [-0.2, -0.15) is 13.2 Å². The molecule has 3 atom stereocenters. The number of morpholine rings is 1. The molecule has 0 aliphatic carbocycles. The lowest BCUT2D eigenvalue weighted by Gasteiger charge is -2.44. The third kappa shape index (κ3) is 6.70. The molecule has 3 aromatic rings. The van der Waals surface area contributed by atoms with Crippen molar-refractivity contribution in [2.24, 2.45) is 5.92 Å². The summed E-state index contributed by atoms with van der Waals surface area (Å²) in [6.07, 6.45) is -1.94. The van der Waals surface area contributed by atoms with Gasteiger partial charge in [0.25, 0.3) is 5.91 Å². The average Bonchev–Trinajstić information content (AvgIpc) is 3.00. The van der Waals surface area contributed by atoms with Gasteiger partial charge < -0.3 is 24.8 Å². The van der Waals surface area contributed by atoms with Crippen molar-refractivity contribution in [3.05, 3.63) is 63.8 Å². The first-order valence-electron chi connectivity index (χ1n) is 14.9. The number of halogens is 5. The number of aromatic amines is 1. The third-order valence-electron chi connectivity index (χ3n) is 8.66. The molecular weight excluding hydrogens is 613 g/mol. The van der Waals surface area contributed by atoms with Crippen LogP contribution < -0.4 is 20.7 Å². The molecule has 248 valence electrons. The van der Waals surface area contributed by atoms with Gasteiger partial charge in [0.05, 0.1) is 35.1 Å². The molecular formula is C31H36F5N7O3. The summed E-state index contributed by atoms with van der Waals surface area (Å²) in [7, 11) is 1.91. The number of amides is 1. The van der Waals surface area contributed by atoms with E-state index in [2.05, 4.69) is 25.2 Å². The van der Waals surface area contributed by atoms with Crippen LogP contribution in [-0.4, -0.2) is 83.8 Å². The molecule has 2 aromatic heterocycles. The van der Waals surface area contributed by atoms with Crippen LogP contribution in [0.1, 0.15) is 43.6 Å². The van der Waals surface area contributed by atoms with Gasteiger partial charge in [-0.05, 0) is 26.8 Å². The first-order valence-corrected chi connectivity index (χ1v) is 14.9. The maximum absolute atomic E-state index is 16.5. The number of nitrogens with zero attached hydrogens (tertiary/aromatic N) is 5. The number of pyridine rings is 1. The van der Waals surface area contributed by atoms with Gasteiger partial charge in [-0.15, -0.1) is 0 Å². The van der Waals surface area contributed by atoms with E-state index >= 15 is 8.78 Å². The number of piperazine rings is 1. The number of carbonyl (C=O) groups is 1. The molecule has 2 N–H and O–H groups in total. The molecule has 2 aliphatic rings. The van der Waals surface area contributed by atoms with Crippen LogP contribution in [0.3, 0.4) is 0 Å². The Morgan fingerprint density at radius 3 is 2.33 bits per heavy atom. The van der Waals surface area contributed by atoms with Crippen LogP contribution in [0.5, 0.6) is 0 Å². The van der Waals surface area contributed by atoms with Gasteiger partial charge >= 0.3 is 6.18 Å². The van der Waals surface area contributed by atoms with Crippen molar-refractivity contribution in [1.82, 2.24) is 19.9 Å². The van der Waals surface area contributed by atoms with Crippen molar-refractivity contribution in [1.29, 1.82) is 0 Å². The maximum Gasteiger partial charge on any atom is 0.417 e. The summed E-state index contributed by atoms with van der Waals surface area (Å²) >= 11 is 0. The highest BCUT2D eigenvalue weighted by molar-refractivity contribution is 6.07. The van der Waals surface area contributed by atoms with Gasteiger partial charge in [0.2, 0.25) is 11.5 Å². The normalized spacial score (nSPS) is 21.2. The van der Waals surface area contributed by atoms with E-state index in [9.17, 15) is 22.8 Å². The Kier molecular flexibility index (Phi) is 9.36. The summed E-state index contributed by atoms with van der Waals surface area (Å²) < 4.78 is 79.5. The molecule has 0 radical (unpaired) electrons. The SMILES string of the molecule is CC(C)[C@@H]1CN(c2ncc(-c3c(F)cc(N4C[C@@H](C)N(C)[C@@H](C)C4)c(NC(=O)c4c[nH]c(=O)cc4C(F)(F)F)c3F)cn2)CCO1. The van der Waals surface area contributed by atoms with Crippen LogP contribution >= 0.6 is 0 Å². The molecule has 2 fully saturated rings. The number of alkyl halides is 3. The number of hydrogen-bond acceptors (Lipinski definition) is 8. The molecule has 0 spiro atoms. The van der Waals surface area contributed by atoms with Crippen LogP contribution in [0.25, 0.3) is 11.1 Å². The fourth-order valence-corrected chi connectivity index (χ4v) is 5.79. The van der Waals surface area contributed by atoms with Crippen LogP contribution in [0.4, 0.5) is 39.3 Å². The van der Waals surface area contributed by atoms with Crippen LogP contribution in [0.2, 0.25) is 0 Å². The Morgan fingerprint density at radius 2 is 1.72 bits per heavy atom. The predicted octanol–water partition coefficient (Wildman–Crippen LogP) is 4.77. The standard InChI is InChI=1S/C31H36F5N7O3/c1-16(2)24-15-42(6-7-46-24)30-38-10-19(11-39-30)26-22(32)9-23(43-13-17(3)41(5)18(4)14-43)28(27(26)33)40-29(45)20-12-37-25(44)8-21(20)31(34,35)36/h8-12,16-18,24H,6-7,13-15H2,1-5H3,(H,37,44)(H,40,45)/t17-,18+,24-/m0/s1. The predicted molar refractivity (Wildman–Crippen MR) is 163 cm³/mol. The monoisotopic (exact) mass is 649 g/mol. The molecule has 0 unspecified atom stereocenters. The van der Waals surface area contributed by atoms with E-state index in [1.165, 1.54) is 12.4 Å². The Hall–Kier alpha value is -4.11. The van der Waals surface area contributed by atoms with Crippen molar-refractivity contribution < 1.29 is 31.5 Å². The molecule has 46 heavy (non-hydrogen) atoms. The first-order chi connectivity index (χ1) is 21.6. The highest BCUT2D eigenvalue weighted by atomic mass is 19.4. The largest absolute Gasteiger partial charge is 0.417 e. The number of ether oxygens (including phenoxy) is 1. The van der Waals surface area contributed by atoms with Crippen LogP contribution in [0, 0.1) is 17.6 Å². The number of hydrogen-bond donors (Lipinski definition) is 2. The zero-order valence-electron chi connectivity index (χ0n) is 26.1. The average molecular weight is 650 g/mol. The smallest absolute Gasteiger partial charge is 0.374 e. The summed E-state index contributed by atoms with van der Waals surface area (Å²) in [5.74, 6) is -2.90. The second kappa shape index (κ2) is 12.9. The Labute approximate surface area is 262 Å². The van der Waals surface area contributed by atoms with Crippen molar-refractivity contribution in [2.45, 2.75) is 52.1 Å². The summed E-state index contributed by atoms with van der Waals surface area (Å²) in [5.41, 5.74) is -4.63. The summed E-state index contributed by atoms with van der Waals surface area (Å²) in [6.45, 7) is 10.1. The second-order valence-corrected chi connectivity index (χ2v) is 12.2. The third-order valence-corrected chi connectivity index (χ3v) is 8.66. The molecule has 4 heterocycles. The van der Waals surface area contributed by atoms with Crippen molar-refractivity contribution in [2.75, 3.05) is 55.0 Å². The van der Waals surface area contributed by atoms with E-state index in [1.807, 2.05) is 39.6 Å². The topological polar surface area (TPSA) is 107 Å². The van der Waals surface area contributed by atoms with Crippen molar-refractivity contribution in [3.8, 4) is 11.1 Å². The van der Waals surface area contributed by atoms with Crippen LogP contribution in [-0.2, 0) is 10.9 Å². The van der Waals surface area contributed by atoms with E-state index < -0.39 is 51.7 Å². The lowest BCUT2D eigenvalue weighted by molar-refractivity contribution is -0.138. The van der Waals surface area contributed by atoms with Gasteiger partial charge in [-0.1, -0.05) is 13.8 Å². The van der Waals surface area contributed by atoms with Gasteiger partial charge in [0.15, 0.2) is 5.82 Å². The minimum Gasteiger partial charge on any atom is -0.374 e. The number of anilines is 3. The summed E-state index contributed by atoms with van der Waals surface area (Å²) in [5, 5.41) is 2.26. The van der Waals surface area contributed by atoms with E-state index in [1.54, 1.807) is 4.90 Å². The van der Waals surface area contributed by atoms with Gasteiger partial charge in [0, 0.05) is 74.5 Å². The lowest BCUT2D eigenvalue weighted by atomic mass is 10.0. The molecule has 0 saturated carbocycles. The Balaban J connectivity index is 1.56. The minimum absolute atomic E-state index is 0.0328. The quantitative estimate of drug-likeness (QED) is 0.368. The fourth-order valence-electron chi connectivity index (χ4n) is 5.79. The fraction of sp³-hybridized carbons (Fsp3) is 0.484. The van der Waals surface area contributed by atoms with Crippen molar-refractivity contribution in [3.63, 3.8) is 0 Å². The number of rotatable bonds is 6. The number of carbonyl (C=O) groups excluding carboxylic acids is 1. The number of aromatic nitrogens is 3. The number of H-pyrrole nitrogens is 1. The molecule has 10 nitrogen and oxygen atoms in total. The molecule has 1 amide bonds. The number of likely N-dealkylation sites (N-methyl/N-ethyl adjacent to an activating group) is 1. The van der Waals surface area contributed by atoms with Gasteiger partial charge in [-0.25, -0.2) is 18.7 Å². The first kappa shape index (κ1) is 33.3. The highest BCUT2D eigenvalue weighted by Gasteiger charge is 2.37. The molecule has 0 bridgehead atoms. The van der Waals surface area contributed by atoms with E-state index in [0.717, 1.165) is 6.07 Å². The van der Waals surface area contributed by atoms with E-state index in [4.69, 9.17) is 4.74 Å². The highest BCUT2D eigenvalue weighted by Crippen LogP contribution is 2.40.